The molecule has 5 heterocycles. The molecule has 34 heavy (non-hydrogen) atoms. The number of aromatic nitrogens is 6. The van der Waals surface area contributed by atoms with E-state index >= 15 is 0 Å². The molecule has 0 amide bonds. The van der Waals surface area contributed by atoms with Gasteiger partial charge in [0.2, 0.25) is 5.88 Å². The van der Waals surface area contributed by atoms with Gasteiger partial charge in [0.25, 0.3) is 0 Å². The number of fused-ring (bicyclic) bond motifs is 2. The van der Waals surface area contributed by atoms with Crippen LogP contribution in [0, 0.1) is 18.3 Å². The van der Waals surface area contributed by atoms with Crippen molar-refractivity contribution in [2.75, 3.05) is 13.1 Å². The number of hydrogen-bond donors (Lipinski definition) is 1. The molecule has 174 valence electrons. The van der Waals surface area contributed by atoms with E-state index < -0.39 is 0 Å². The lowest BCUT2D eigenvalue weighted by atomic mass is 10.1. The van der Waals surface area contributed by atoms with Crippen molar-refractivity contribution in [3.05, 3.63) is 59.3 Å². The molecule has 0 spiro atoms. The summed E-state index contributed by atoms with van der Waals surface area (Å²) in [6, 6.07) is 10.5. The first kappa shape index (κ1) is 22.3. The van der Waals surface area contributed by atoms with Crippen LogP contribution < -0.4 is 10.1 Å². The Hall–Kier alpha value is -3.48. The first-order valence-corrected chi connectivity index (χ1v) is 11.4. The van der Waals surface area contributed by atoms with Crippen LogP contribution in [-0.2, 0) is 6.42 Å². The van der Waals surface area contributed by atoms with Gasteiger partial charge in [-0.25, -0.2) is 9.67 Å². The Morgan fingerprint density at radius 3 is 2.85 bits per heavy atom. The number of ether oxygens (including phenoxy) is 1. The van der Waals surface area contributed by atoms with Gasteiger partial charge in [-0.2, -0.15) is 5.26 Å². The van der Waals surface area contributed by atoms with E-state index in [0.717, 1.165) is 61.4 Å². The molecule has 1 aliphatic heterocycles. The van der Waals surface area contributed by atoms with E-state index in [9.17, 15) is 5.26 Å². The van der Waals surface area contributed by atoms with Crippen LogP contribution in [0.5, 0.6) is 5.88 Å². The van der Waals surface area contributed by atoms with Crippen molar-refractivity contribution in [1.82, 2.24) is 34.7 Å². The molecule has 1 atom stereocenters. The van der Waals surface area contributed by atoms with Crippen LogP contribution >= 0.6 is 12.4 Å². The Labute approximate surface area is 203 Å². The maximum Gasteiger partial charge on any atom is 0.201 e. The van der Waals surface area contributed by atoms with E-state index in [-0.39, 0.29) is 18.5 Å². The molecule has 4 aromatic heterocycles. The fourth-order valence-corrected chi connectivity index (χ4v) is 5.02. The minimum absolute atomic E-state index is 0. The molecule has 4 aromatic rings. The van der Waals surface area contributed by atoms with Gasteiger partial charge < -0.3 is 10.1 Å². The highest BCUT2D eigenvalue weighted by molar-refractivity contribution is 5.85. The Balaban J connectivity index is 0.00000241. The highest BCUT2D eigenvalue weighted by Crippen LogP contribution is 2.36. The van der Waals surface area contributed by atoms with Gasteiger partial charge in [-0.15, -0.1) is 17.5 Å². The van der Waals surface area contributed by atoms with Gasteiger partial charge in [-0.05, 0) is 63.4 Å². The number of imidazole rings is 1. The quantitative estimate of drug-likeness (QED) is 0.479. The maximum atomic E-state index is 9.64. The SMILES string of the molecule is Cc1c(-c2cc(O[C@@H]3CCc4cccnc43)n3c(C#N)cnc3c2)nnn1C1CCNCC1.Cl. The molecule has 0 aromatic carbocycles. The summed E-state index contributed by atoms with van der Waals surface area (Å²) in [5, 5.41) is 22.0. The van der Waals surface area contributed by atoms with Crippen molar-refractivity contribution < 1.29 is 4.74 Å². The number of piperidine rings is 1. The summed E-state index contributed by atoms with van der Waals surface area (Å²) in [7, 11) is 0. The van der Waals surface area contributed by atoms with Gasteiger partial charge >= 0.3 is 0 Å². The summed E-state index contributed by atoms with van der Waals surface area (Å²) in [6.45, 7) is 4.04. The van der Waals surface area contributed by atoms with Crippen molar-refractivity contribution in [2.45, 2.75) is 44.8 Å². The van der Waals surface area contributed by atoms with E-state index in [2.05, 4.69) is 44.7 Å². The van der Waals surface area contributed by atoms with Crippen molar-refractivity contribution in [2.24, 2.45) is 0 Å². The summed E-state index contributed by atoms with van der Waals surface area (Å²) in [5.74, 6) is 0.566. The second-order valence-electron chi connectivity index (χ2n) is 8.67. The highest BCUT2D eigenvalue weighted by Gasteiger charge is 2.27. The number of hydrogen-bond acceptors (Lipinski definition) is 7. The van der Waals surface area contributed by atoms with Crippen LogP contribution in [0.3, 0.4) is 0 Å². The smallest absolute Gasteiger partial charge is 0.201 e. The van der Waals surface area contributed by atoms with Crippen molar-refractivity contribution in [3.8, 4) is 23.2 Å². The van der Waals surface area contributed by atoms with Gasteiger partial charge in [0.15, 0.2) is 0 Å². The number of pyridine rings is 2. The maximum absolute atomic E-state index is 9.64. The second-order valence-corrected chi connectivity index (χ2v) is 8.67. The molecule has 10 heteroatoms. The van der Waals surface area contributed by atoms with Crippen molar-refractivity contribution >= 4 is 18.1 Å². The predicted octanol–water partition coefficient (Wildman–Crippen LogP) is 3.58. The molecular weight excluding hydrogens is 452 g/mol. The summed E-state index contributed by atoms with van der Waals surface area (Å²) in [6.07, 6.45) is 7.06. The molecule has 1 aliphatic carbocycles. The van der Waals surface area contributed by atoms with Gasteiger partial charge in [-0.3, -0.25) is 9.38 Å². The first-order valence-electron chi connectivity index (χ1n) is 11.4. The summed E-state index contributed by atoms with van der Waals surface area (Å²) in [4.78, 5) is 9.01. The molecule has 0 unspecified atom stereocenters. The average molecular weight is 477 g/mol. The van der Waals surface area contributed by atoms with E-state index in [1.807, 2.05) is 22.9 Å². The molecule has 1 fully saturated rings. The largest absolute Gasteiger partial charge is 0.469 e. The van der Waals surface area contributed by atoms with Crippen LogP contribution in [0.4, 0.5) is 0 Å². The number of nitriles is 1. The van der Waals surface area contributed by atoms with Crippen LogP contribution in [-0.4, -0.2) is 42.5 Å². The molecule has 0 saturated carbocycles. The average Bonchev–Trinajstić information content (AvgIpc) is 3.56. The summed E-state index contributed by atoms with van der Waals surface area (Å²) < 4.78 is 10.3. The lowest BCUT2D eigenvalue weighted by Gasteiger charge is -2.23. The normalized spacial score (nSPS) is 17.8. The van der Waals surface area contributed by atoms with Crippen LogP contribution in [0.2, 0.25) is 0 Å². The third-order valence-electron chi connectivity index (χ3n) is 6.71. The molecular formula is C24H25ClN8O. The first-order chi connectivity index (χ1) is 16.2. The zero-order chi connectivity index (χ0) is 22.4. The molecule has 0 bridgehead atoms. The lowest BCUT2D eigenvalue weighted by molar-refractivity contribution is 0.192. The zero-order valence-corrected chi connectivity index (χ0v) is 19.6. The monoisotopic (exact) mass is 476 g/mol. The van der Waals surface area contributed by atoms with E-state index in [0.29, 0.717) is 23.3 Å². The Kier molecular flexibility index (Phi) is 5.94. The topological polar surface area (TPSA) is 106 Å². The fourth-order valence-electron chi connectivity index (χ4n) is 5.02. The lowest BCUT2D eigenvalue weighted by Crippen LogP contribution is -2.30. The van der Waals surface area contributed by atoms with Gasteiger partial charge in [0.05, 0.1) is 23.6 Å². The van der Waals surface area contributed by atoms with Gasteiger partial charge in [-0.1, -0.05) is 11.3 Å². The molecule has 1 N–H and O–H groups in total. The Morgan fingerprint density at radius 2 is 2.03 bits per heavy atom. The number of halogens is 1. The molecule has 0 radical (unpaired) electrons. The Morgan fingerprint density at radius 1 is 1.18 bits per heavy atom. The highest BCUT2D eigenvalue weighted by atomic mass is 35.5. The molecule has 9 nitrogen and oxygen atoms in total. The van der Waals surface area contributed by atoms with Crippen LogP contribution in [0.1, 0.15) is 54.1 Å². The minimum atomic E-state index is -0.167. The van der Waals surface area contributed by atoms with Crippen LogP contribution in [0.25, 0.3) is 16.9 Å². The molecule has 1 saturated heterocycles. The number of aryl methyl sites for hydroxylation is 1. The van der Waals surface area contributed by atoms with Gasteiger partial charge in [0.1, 0.15) is 29.2 Å². The fraction of sp³-hybridized carbons (Fsp3) is 0.375. The second kappa shape index (κ2) is 9.05. The van der Waals surface area contributed by atoms with Gasteiger partial charge in [0, 0.05) is 17.8 Å². The predicted molar refractivity (Wildman–Crippen MR) is 128 cm³/mol. The van der Waals surface area contributed by atoms with Crippen molar-refractivity contribution in [3.63, 3.8) is 0 Å². The van der Waals surface area contributed by atoms with E-state index in [1.54, 1.807) is 16.8 Å². The molecule has 2 aliphatic rings. The van der Waals surface area contributed by atoms with E-state index in [1.165, 1.54) is 5.56 Å². The standard InChI is InChI=1S/C24H24N8O.ClH/c1-15-23(29-30-32(15)18-6-9-26-10-7-18)17-11-21-28-14-19(13-25)31(21)22(12-17)33-20-5-4-16-3-2-8-27-24(16)20;/h2-3,8,11-12,14,18,20,26H,4-7,9-10H2,1H3;1H/t20-;/m1./s1. The summed E-state index contributed by atoms with van der Waals surface area (Å²) in [5.41, 5.74) is 5.97. The van der Waals surface area contributed by atoms with E-state index in [4.69, 9.17) is 4.74 Å². The van der Waals surface area contributed by atoms with Crippen molar-refractivity contribution in [1.29, 1.82) is 5.26 Å². The molecule has 6 rings (SSSR count). The number of nitrogens with one attached hydrogen (secondary N) is 1. The third-order valence-corrected chi connectivity index (χ3v) is 6.71. The minimum Gasteiger partial charge on any atom is -0.469 e. The number of rotatable bonds is 4. The number of nitrogens with zero attached hydrogens (tertiary/aromatic N) is 7. The third kappa shape index (κ3) is 3.69. The van der Waals surface area contributed by atoms with Crippen LogP contribution in [0.15, 0.2) is 36.7 Å². The summed E-state index contributed by atoms with van der Waals surface area (Å²) >= 11 is 0. The Bertz CT molecular complexity index is 1380. The zero-order valence-electron chi connectivity index (χ0n) is 18.8.